The highest BCUT2D eigenvalue weighted by Crippen LogP contribution is 2.19. The number of likely N-dealkylation sites (N-methyl/N-ethyl adjacent to an activating group) is 1. The number of likely N-dealkylation sites (tertiary alicyclic amines) is 1. The van der Waals surface area contributed by atoms with E-state index in [9.17, 15) is 4.79 Å². The number of methoxy groups -OCH3 is 1. The molecule has 1 aromatic carbocycles. The summed E-state index contributed by atoms with van der Waals surface area (Å²) >= 11 is 0. The second kappa shape index (κ2) is 8.90. The quantitative estimate of drug-likeness (QED) is 0.876. The zero-order valence-corrected chi connectivity index (χ0v) is 13.6. The number of benzene rings is 1. The van der Waals surface area contributed by atoms with E-state index in [-0.39, 0.29) is 18.3 Å². The van der Waals surface area contributed by atoms with Crippen LogP contribution in [-0.2, 0) is 11.2 Å². The third-order valence-electron chi connectivity index (χ3n) is 3.92. The zero-order chi connectivity index (χ0) is 14.4. The third-order valence-corrected chi connectivity index (χ3v) is 3.92. The lowest BCUT2D eigenvalue weighted by molar-refractivity contribution is -0.131. The Hall–Kier alpha value is -1.26. The van der Waals surface area contributed by atoms with Gasteiger partial charge in [0, 0.05) is 25.6 Å². The maximum absolute atomic E-state index is 12.3. The van der Waals surface area contributed by atoms with E-state index in [2.05, 4.69) is 5.32 Å². The van der Waals surface area contributed by atoms with Crippen molar-refractivity contribution in [2.75, 3.05) is 27.2 Å². The number of amides is 1. The highest BCUT2D eigenvalue weighted by molar-refractivity contribution is 5.85. The Morgan fingerprint density at radius 3 is 2.71 bits per heavy atom. The number of rotatable bonds is 6. The highest BCUT2D eigenvalue weighted by Gasteiger charge is 2.27. The summed E-state index contributed by atoms with van der Waals surface area (Å²) in [4.78, 5) is 14.3. The molecule has 0 bridgehead atoms. The van der Waals surface area contributed by atoms with Crippen molar-refractivity contribution < 1.29 is 9.53 Å². The van der Waals surface area contributed by atoms with Crippen LogP contribution in [0.1, 0.15) is 24.8 Å². The molecule has 1 saturated heterocycles. The fourth-order valence-electron chi connectivity index (χ4n) is 2.80. The van der Waals surface area contributed by atoms with Crippen molar-refractivity contribution in [2.24, 2.45) is 0 Å². The van der Waals surface area contributed by atoms with Gasteiger partial charge >= 0.3 is 0 Å². The normalized spacial score (nSPS) is 17.4. The van der Waals surface area contributed by atoms with Gasteiger partial charge in [0.1, 0.15) is 5.75 Å². The van der Waals surface area contributed by atoms with Crippen LogP contribution in [0.4, 0.5) is 0 Å². The van der Waals surface area contributed by atoms with E-state index >= 15 is 0 Å². The van der Waals surface area contributed by atoms with Crippen molar-refractivity contribution in [3.63, 3.8) is 0 Å². The van der Waals surface area contributed by atoms with Crippen LogP contribution < -0.4 is 10.1 Å². The van der Waals surface area contributed by atoms with Crippen LogP contribution >= 0.6 is 12.4 Å². The average Bonchev–Trinajstić information content (AvgIpc) is 2.94. The van der Waals surface area contributed by atoms with Gasteiger partial charge in [-0.2, -0.15) is 0 Å². The molecular formula is C16H25ClN2O2. The summed E-state index contributed by atoms with van der Waals surface area (Å²) in [7, 11) is 3.60. The fraction of sp³-hybridized carbons (Fsp3) is 0.562. The molecular weight excluding hydrogens is 288 g/mol. The highest BCUT2D eigenvalue weighted by atomic mass is 35.5. The molecule has 1 aliphatic heterocycles. The molecule has 1 unspecified atom stereocenters. The predicted molar refractivity (Wildman–Crippen MR) is 87.2 cm³/mol. The Bertz CT molecular complexity index is 436. The van der Waals surface area contributed by atoms with Crippen LogP contribution in [-0.4, -0.2) is 44.1 Å². The van der Waals surface area contributed by atoms with E-state index in [0.717, 1.165) is 38.1 Å². The monoisotopic (exact) mass is 312 g/mol. The van der Waals surface area contributed by atoms with Gasteiger partial charge in [-0.25, -0.2) is 0 Å². The molecule has 0 aromatic heterocycles. The van der Waals surface area contributed by atoms with E-state index < -0.39 is 0 Å². The Labute approximate surface area is 133 Å². The number of carbonyl (C=O) groups is 1. The van der Waals surface area contributed by atoms with Gasteiger partial charge in [-0.05, 0) is 44.0 Å². The smallest absolute Gasteiger partial charge is 0.223 e. The molecule has 5 heteroatoms. The molecule has 4 nitrogen and oxygen atoms in total. The molecule has 2 rings (SSSR count). The Morgan fingerprint density at radius 1 is 1.38 bits per heavy atom. The number of halogens is 1. The van der Waals surface area contributed by atoms with Gasteiger partial charge in [0.25, 0.3) is 0 Å². The number of nitrogens with one attached hydrogen (secondary N) is 1. The maximum Gasteiger partial charge on any atom is 0.223 e. The summed E-state index contributed by atoms with van der Waals surface area (Å²) in [6.07, 6.45) is 3.63. The van der Waals surface area contributed by atoms with Crippen LogP contribution in [0.2, 0.25) is 0 Å². The molecule has 0 aliphatic carbocycles. The van der Waals surface area contributed by atoms with Crippen molar-refractivity contribution in [2.45, 2.75) is 31.7 Å². The summed E-state index contributed by atoms with van der Waals surface area (Å²) in [6.45, 7) is 1.81. The average molecular weight is 313 g/mol. The number of carbonyl (C=O) groups excluding carboxylic acids is 1. The first kappa shape index (κ1) is 17.8. The number of nitrogens with zero attached hydrogens (tertiary/aromatic N) is 1. The first-order valence-electron chi connectivity index (χ1n) is 7.31. The zero-order valence-electron chi connectivity index (χ0n) is 12.8. The van der Waals surface area contributed by atoms with Crippen LogP contribution in [0.15, 0.2) is 24.3 Å². The topological polar surface area (TPSA) is 41.6 Å². The number of aryl methyl sites for hydroxylation is 1. The van der Waals surface area contributed by atoms with E-state index in [1.165, 1.54) is 5.56 Å². The molecule has 1 amide bonds. The van der Waals surface area contributed by atoms with Crippen LogP contribution in [0.5, 0.6) is 5.75 Å². The lowest BCUT2D eigenvalue weighted by atomic mass is 10.1. The molecule has 1 aliphatic rings. The summed E-state index contributed by atoms with van der Waals surface area (Å²) < 4.78 is 5.13. The van der Waals surface area contributed by atoms with Gasteiger partial charge in [-0.15, -0.1) is 12.4 Å². The van der Waals surface area contributed by atoms with Gasteiger partial charge in [-0.1, -0.05) is 12.1 Å². The molecule has 21 heavy (non-hydrogen) atoms. The van der Waals surface area contributed by atoms with Crippen molar-refractivity contribution in [3.05, 3.63) is 29.8 Å². The SMILES string of the molecule is CNCC1CCCN1C(=O)CCc1ccc(OC)cc1.Cl. The minimum absolute atomic E-state index is 0. The van der Waals surface area contributed by atoms with Gasteiger partial charge < -0.3 is 15.0 Å². The van der Waals surface area contributed by atoms with Gasteiger partial charge in [0.15, 0.2) is 0 Å². The molecule has 1 heterocycles. The molecule has 0 saturated carbocycles. The van der Waals surface area contributed by atoms with Crippen molar-refractivity contribution in [1.82, 2.24) is 10.2 Å². The molecule has 1 atom stereocenters. The standard InChI is InChI=1S/C16H24N2O2.ClH/c1-17-12-14-4-3-11-18(14)16(19)10-7-13-5-8-15(20-2)9-6-13;/h5-6,8-9,14,17H,3-4,7,10-12H2,1-2H3;1H. The Balaban J connectivity index is 0.00000220. The van der Waals surface area contributed by atoms with E-state index in [4.69, 9.17) is 4.74 Å². The fourth-order valence-corrected chi connectivity index (χ4v) is 2.80. The van der Waals surface area contributed by atoms with Crippen molar-refractivity contribution >= 4 is 18.3 Å². The minimum atomic E-state index is 0. The number of hydrogen-bond donors (Lipinski definition) is 1. The van der Waals surface area contributed by atoms with Crippen LogP contribution in [0, 0.1) is 0 Å². The minimum Gasteiger partial charge on any atom is -0.497 e. The van der Waals surface area contributed by atoms with E-state index in [1.54, 1.807) is 7.11 Å². The van der Waals surface area contributed by atoms with Crippen molar-refractivity contribution in [3.8, 4) is 5.75 Å². The van der Waals surface area contributed by atoms with Gasteiger partial charge in [0.2, 0.25) is 5.91 Å². The summed E-state index contributed by atoms with van der Waals surface area (Å²) in [6, 6.07) is 8.32. The Kier molecular flexibility index (Phi) is 7.54. The third kappa shape index (κ3) is 4.90. The molecule has 1 N–H and O–H groups in total. The number of ether oxygens (including phenoxy) is 1. The van der Waals surface area contributed by atoms with Crippen LogP contribution in [0.25, 0.3) is 0 Å². The molecule has 0 radical (unpaired) electrons. The largest absolute Gasteiger partial charge is 0.497 e. The maximum atomic E-state index is 12.3. The van der Waals surface area contributed by atoms with Gasteiger partial charge in [0.05, 0.1) is 7.11 Å². The summed E-state index contributed by atoms with van der Waals surface area (Å²) in [5.74, 6) is 1.13. The molecule has 0 spiro atoms. The molecule has 1 fully saturated rings. The van der Waals surface area contributed by atoms with E-state index in [1.807, 2.05) is 36.2 Å². The molecule has 1 aromatic rings. The lowest BCUT2D eigenvalue weighted by Crippen LogP contribution is -2.40. The molecule has 118 valence electrons. The summed E-state index contributed by atoms with van der Waals surface area (Å²) in [5, 5.41) is 3.17. The van der Waals surface area contributed by atoms with Crippen molar-refractivity contribution in [1.29, 1.82) is 0 Å². The van der Waals surface area contributed by atoms with Crippen LogP contribution in [0.3, 0.4) is 0 Å². The Morgan fingerprint density at radius 2 is 2.10 bits per heavy atom. The summed E-state index contributed by atoms with van der Waals surface area (Å²) in [5.41, 5.74) is 1.18. The number of hydrogen-bond acceptors (Lipinski definition) is 3. The second-order valence-electron chi connectivity index (χ2n) is 5.29. The van der Waals surface area contributed by atoms with E-state index in [0.29, 0.717) is 12.5 Å². The second-order valence-corrected chi connectivity index (χ2v) is 5.29. The first-order valence-corrected chi connectivity index (χ1v) is 7.31. The predicted octanol–water partition coefficient (Wildman–Crippen LogP) is 2.26. The van der Waals surface area contributed by atoms with Gasteiger partial charge in [-0.3, -0.25) is 4.79 Å². The lowest BCUT2D eigenvalue weighted by Gasteiger charge is -2.24. The first-order chi connectivity index (χ1) is 9.74.